The van der Waals surface area contributed by atoms with Crippen molar-refractivity contribution in [1.29, 1.82) is 0 Å². The van der Waals surface area contributed by atoms with Crippen molar-refractivity contribution in [3.63, 3.8) is 0 Å². The second-order valence-electron chi connectivity index (χ2n) is 10.2. The summed E-state index contributed by atoms with van der Waals surface area (Å²) in [6.45, 7) is 1.49. The van der Waals surface area contributed by atoms with Gasteiger partial charge in [0.1, 0.15) is 17.2 Å². The number of nitrogens with one attached hydrogen (secondary N) is 2. The highest BCUT2D eigenvalue weighted by Gasteiger charge is 2.29. The number of aliphatic hydroxyl groups is 1. The number of amides is 2. The van der Waals surface area contributed by atoms with Crippen LogP contribution in [0, 0.1) is 0 Å². The summed E-state index contributed by atoms with van der Waals surface area (Å²) < 4.78 is 5.70. The monoisotopic (exact) mass is 481 g/mol. The molecule has 3 aliphatic rings. The van der Waals surface area contributed by atoms with Gasteiger partial charge in [0.15, 0.2) is 0 Å². The molecule has 35 heavy (non-hydrogen) atoms. The van der Waals surface area contributed by atoms with Crippen molar-refractivity contribution >= 4 is 28.5 Å². The van der Waals surface area contributed by atoms with Crippen LogP contribution in [0.2, 0.25) is 0 Å². The number of hydrogen-bond donors (Lipinski definition) is 3. The van der Waals surface area contributed by atoms with Gasteiger partial charge >= 0.3 is 5.63 Å². The van der Waals surface area contributed by atoms with E-state index in [0.29, 0.717) is 5.58 Å². The second-order valence-corrected chi connectivity index (χ2v) is 10.2. The summed E-state index contributed by atoms with van der Waals surface area (Å²) in [6, 6.07) is 2.52. The molecule has 8 nitrogen and oxygen atoms in total. The van der Waals surface area contributed by atoms with Gasteiger partial charge < -0.3 is 25.1 Å². The molecule has 3 heterocycles. The Kier molecular flexibility index (Phi) is 7.09. The lowest BCUT2D eigenvalue weighted by atomic mass is 9.90. The lowest BCUT2D eigenvalue weighted by molar-refractivity contribution is -0.124. The van der Waals surface area contributed by atoms with E-state index >= 15 is 0 Å². The molecule has 0 saturated heterocycles. The standard InChI is InChI=1S/C27H35N3O5/c31-16-22(26(33)28-19-9-4-2-1-3-5-10-19)29-25(32)21-15-18-14-17-8-6-12-30-13-7-11-20(23(17)30)24(18)35-27(21)34/h14-15,19,22,31H,1-13,16H2,(H,28,33)(H,29,32). The molecule has 3 N–H and O–H groups in total. The zero-order chi connectivity index (χ0) is 24.4. The van der Waals surface area contributed by atoms with Crippen LogP contribution in [0.25, 0.3) is 11.0 Å². The summed E-state index contributed by atoms with van der Waals surface area (Å²) >= 11 is 0. The molecule has 1 saturated carbocycles. The van der Waals surface area contributed by atoms with E-state index in [1.54, 1.807) is 6.07 Å². The van der Waals surface area contributed by atoms with Crippen LogP contribution in [-0.4, -0.2) is 48.7 Å². The summed E-state index contributed by atoms with van der Waals surface area (Å²) in [7, 11) is 0. The summed E-state index contributed by atoms with van der Waals surface area (Å²) in [6.07, 6.45) is 11.4. The summed E-state index contributed by atoms with van der Waals surface area (Å²) in [5.74, 6) is -1.13. The van der Waals surface area contributed by atoms with E-state index in [-0.39, 0.29) is 11.6 Å². The molecule has 2 aliphatic heterocycles. The largest absolute Gasteiger partial charge is 0.422 e. The molecule has 1 atom stereocenters. The Morgan fingerprint density at radius 2 is 1.74 bits per heavy atom. The molecule has 2 amide bonds. The molecular formula is C27H35N3O5. The molecule has 0 radical (unpaired) electrons. The quantitative estimate of drug-likeness (QED) is 0.567. The third kappa shape index (κ3) is 4.94. The number of nitrogens with zero attached hydrogens (tertiary/aromatic N) is 1. The van der Waals surface area contributed by atoms with Crippen LogP contribution >= 0.6 is 0 Å². The second kappa shape index (κ2) is 10.4. The van der Waals surface area contributed by atoms with E-state index < -0.39 is 30.1 Å². The highest BCUT2D eigenvalue weighted by atomic mass is 16.4. The Morgan fingerprint density at radius 1 is 1.03 bits per heavy atom. The third-order valence-corrected chi connectivity index (χ3v) is 7.72. The van der Waals surface area contributed by atoms with Gasteiger partial charge in [-0.3, -0.25) is 9.59 Å². The Bertz CT molecular complexity index is 1160. The van der Waals surface area contributed by atoms with Crippen LogP contribution in [0.5, 0.6) is 0 Å². The number of carbonyl (C=O) groups excluding carboxylic acids is 2. The molecule has 2 aromatic rings. The zero-order valence-corrected chi connectivity index (χ0v) is 20.2. The highest BCUT2D eigenvalue weighted by Crippen LogP contribution is 2.39. The molecule has 5 rings (SSSR count). The smallest absolute Gasteiger partial charge is 0.349 e. The van der Waals surface area contributed by atoms with Crippen molar-refractivity contribution in [3.8, 4) is 0 Å². The van der Waals surface area contributed by atoms with Gasteiger partial charge in [-0.1, -0.05) is 32.1 Å². The van der Waals surface area contributed by atoms with Crippen LogP contribution in [0.3, 0.4) is 0 Å². The fourth-order valence-electron chi connectivity index (χ4n) is 5.94. The van der Waals surface area contributed by atoms with Gasteiger partial charge in [0.2, 0.25) is 5.91 Å². The Balaban J connectivity index is 1.36. The molecule has 1 aromatic carbocycles. The molecule has 1 fully saturated rings. The predicted molar refractivity (Wildman–Crippen MR) is 134 cm³/mol. The molecule has 188 valence electrons. The highest BCUT2D eigenvalue weighted by molar-refractivity contribution is 6.00. The number of benzene rings is 1. The number of aryl methyl sites for hydroxylation is 2. The Hall–Kier alpha value is -2.87. The SMILES string of the molecule is O=C(NC(CO)C(=O)NC1CCCCCCC1)c1cc2cc3c4c(c2oc1=O)CCCN4CCC3. The summed E-state index contributed by atoms with van der Waals surface area (Å²) in [5, 5.41) is 16.1. The maximum Gasteiger partial charge on any atom is 0.349 e. The minimum atomic E-state index is -1.12. The molecule has 0 bridgehead atoms. The fourth-order valence-corrected chi connectivity index (χ4v) is 5.94. The maximum atomic E-state index is 13.0. The van der Waals surface area contributed by atoms with Crippen LogP contribution in [0.15, 0.2) is 21.3 Å². The normalized spacial score (nSPS) is 19.4. The minimum absolute atomic E-state index is 0.0437. The van der Waals surface area contributed by atoms with Crippen molar-refractivity contribution in [3.05, 3.63) is 39.2 Å². The van der Waals surface area contributed by atoms with Gasteiger partial charge in [-0.05, 0) is 56.2 Å². The number of hydrogen-bond acceptors (Lipinski definition) is 6. The number of carbonyl (C=O) groups is 2. The van der Waals surface area contributed by atoms with E-state index in [2.05, 4.69) is 15.5 Å². The van der Waals surface area contributed by atoms with Crippen molar-refractivity contribution in [1.82, 2.24) is 10.6 Å². The molecule has 1 aliphatic carbocycles. The maximum absolute atomic E-state index is 13.0. The summed E-state index contributed by atoms with van der Waals surface area (Å²) in [5.41, 5.74) is 3.16. The van der Waals surface area contributed by atoms with Crippen LogP contribution in [0.4, 0.5) is 5.69 Å². The Labute approximate surface area is 205 Å². The number of fused-ring (bicyclic) bond motifs is 2. The predicted octanol–water partition coefficient (Wildman–Crippen LogP) is 2.81. The van der Waals surface area contributed by atoms with Gasteiger partial charge in [0.05, 0.1) is 6.61 Å². The third-order valence-electron chi connectivity index (χ3n) is 7.72. The van der Waals surface area contributed by atoms with Gasteiger partial charge in [-0.25, -0.2) is 4.79 Å². The molecule has 8 heteroatoms. The number of rotatable bonds is 5. The van der Waals surface area contributed by atoms with E-state index in [0.717, 1.165) is 88.2 Å². The zero-order valence-electron chi connectivity index (χ0n) is 20.2. The van der Waals surface area contributed by atoms with Gasteiger partial charge in [0.25, 0.3) is 5.91 Å². The van der Waals surface area contributed by atoms with Crippen LogP contribution in [0.1, 0.15) is 79.3 Å². The van der Waals surface area contributed by atoms with Gasteiger partial charge in [-0.15, -0.1) is 0 Å². The average Bonchev–Trinajstić information content (AvgIpc) is 2.84. The lowest BCUT2D eigenvalue weighted by Gasteiger charge is -2.37. The first-order valence-corrected chi connectivity index (χ1v) is 13.1. The van der Waals surface area contributed by atoms with E-state index in [9.17, 15) is 19.5 Å². The minimum Gasteiger partial charge on any atom is -0.422 e. The topological polar surface area (TPSA) is 112 Å². The summed E-state index contributed by atoms with van der Waals surface area (Å²) in [4.78, 5) is 41.0. The number of anilines is 1. The fraction of sp³-hybridized carbons (Fsp3) is 0.593. The van der Waals surface area contributed by atoms with Crippen molar-refractivity contribution in [2.45, 2.75) is 82.7 Å². The van der Waals surface area contributed by atoms with E-state index in [1.807, 2.05) is 6.07 Å². The van der Waals surface area contributed by atoms with Gasteiger partial charge in [-0.2, -0.15) is 0 Å². The lowest BCUT2D eigenvalue weighted by Crippen LogP contribution is -2.52. The first-order chi connectivity index (χ1) is 17.0. The van der Waals surface area contributed by atoms with E-state index in [4.69, 9.17) is 4.42 Å². The average molecular weight is 482 g/mol. The van der Waals surface area contributed by atoms with Crippen molar-refractivity contribution < 1.29 is 19.1 Å². The number of aliphatic hydroxyl groups excluding tert-OH is 1. The van der Waals surface area contributed by atoms with Crippen molar-refractivity contribution in [2.75, 3.05) is 24.6 Å². The van der Waals surface area contributed by atoms with Crippen molar-refractivity contribution in [2.24, 2.45) is 0 Å². The van der Waals surface area contributed by atoms with Crippen LogP contribution < -0.4 is 21.2 Å². The first kappa shape index (κ1) is 23.9. The molecule has 0 spiro atoms. The van der Waals surface area contributed by atoms with E-state index in [1.165, 1.54) is 17.7 Å². The molecule has 1 unspecified atom stereocenters. The molecular weight excluding hydrogens is 446 g/mol. The Morgan fingerprint density at radius 3 is 2.49 bits per heavy atom. The first-order valence-electron chi connectivity index (χ1n) is 13.1. The van der Waals surface area contributed by atoms with Gasteiger partial charge in [0, 0.05) is 35.8 Å². The van der Waals surface area contributed by atoms with Crippen LogP contribution in [-0.2, 0) is 17.6 Å². The molecule has 1 aromatic heterocycles.